The predicted octanol–water partition coefficient (Wildman–Crippen LogP) is 5.37. The van der Waals surface area contributed by atoms with Crippen LogP contribution in [-0.2, 0) is 28.5 Å². The van der Waals surface area contributed by atoms with Crippen LogP contribution in [0.15, 0.2) is 28.4 Å². The van der Waals surface area contributed by atoms with Crippen LogP contribution in [0.4, 0.5) is 22.0 Å². The summed E-state index contributed by atoms with van der Waals surface area (Å²) >= 11 is 7.52. The van der Waals surface area contributed by atoms with Gasteiger partial charge in [0, 0.05) is 29.3 Å². The molecule has 6 N–H and O–H groups in total. The van der Waals surface area contributed by atoms with Crippen molar-refractivity contribution in [2.75, 3.05) is 54.4 Å². The molecule has 1 aliphatic carbocycles. The summed E-state index contributed by atoms with van der Waals surface area (Å²) in [4.78, 5) is 77.0. The minimum absolute atomic E-state index is 0.000883. The molecule has 2 amide bonds. The second kappa shape index (κ2) is 22.6. The molecule has 55 heavy (non-hydrogen) atoms. The molecule has 0 fully saturated rings. The molecular weight excluding hydrogens is 784 g/mol. The van der Waals surface area contributed by atoms with Crippen molar-refractivity contribution < 1.29 is 52.5 Å². The number of hydrogen-bond acceptors (Lipinski definition) is 14. The van der Waals surface area contributed by atoms with Gasteiger partial charge in [0.05, 0.1) is 30.1 Å². The molecule has 0 saturated heterocycles. The molecule has 17 nitrogen and oxygen atoms in total. The van der Waals surface area contributed by atoms with Crippen molar-refractivity contribution in [3.05, 3.63) is 34.1 Å². The summed E-state index contributed by atoms with van der Waals surface area (Å²) in [6.07, 6.45) is 6.75. The standard InChI is InChI=1S/C21H23ClFNO5.C10H19N5S.C3H8NO5P/c1-2-3-6-9-28-19(25)12-29-18-11-17(16(23)10-15(18)22)24-20(26)13-7-4-5-8-14(13)21(24)27;1-6-11-7-12-8(15-10(2,3)4)14-9(13-7)16-5;5-3(6)1-4-2-10(7,8)9/h10-11H,2-9,12H2,1H3;6H2,1-5H3,(H2,11,12,13,14,15);4H,1-2H2,(H,5,6)(H2,7,8,9). The van der Waals surface area contributed by atoms with Crippen LogP contribution in [0.2, 0.25) is 5.02 Å². The third-order valence-corrected chi connectivity index (χ3v) is 8.68. The molecule has 0 atom stereocenters. The number of halogens is 2. The van der Waals surface area contributed by atoms with E-state index >= 15 is 0 Å². The van der Waals surface area contributed by atoms with Crippen molar-refractivity contribution >= 4 is 72.3 Å². The third kappa shape index (κ3) is 16.8. The normalized spacial score (nSPS) is 14.0. The zero-order valence-corrected chi connectivity index (χ0v) is 34.2. The maximum atomic E-state index is 14.5. The highest BCUT2D eigenvalue weighted by atomic mass is 35.5. The monoisotopic (exact) mass is 833 g/mol. The Morgan fingerprint density at radius 2 is 1.65 bits per heavy atom. The number of aliphatic carboxylic acids is 1. The quantitative estimate of drug-likeness (QED) is 0.0410. The van der Waals surface area contributed by atoms with E-state index in [2.05, 4.69) is 51.7 Å². The molecule has 1 aromatic carbocycles. The highest BCUT2D eigenvalue weighted by Crippen LogP contribution is 2.39. The number of nitrogens with zero attached hydrogens (tertiary/aromatic N) is 4. The van der Waals surface area contributed by atoms with Gasteiger partial charge in [0.2, 0.25) is 11.9 Å². The Morgan fingerprint density at radius 3 is 2.18 bits per heavy atom. The number of anilines is 3. The van der Waals surface area contributed by atoms with Gasteiger partial charge in [-0.05, 0) is 72.1 Å². The summed E-state index contributed by atoms with van der Waals surface area (Å²) < 4.78 is 35.0. The second-order valence-corrected chi connectivity index (χ2v) is 15.9. The first-order valence-corrected chi connectivity index (χ1v) is 20.9. The fourth-order valence-corrected chi connectivity index (χ4v) is 5.82. The number of esters is 1. The van der Waals surface area contributed by atoms with Crippen LogP contribution >= 0.6 is 31.0 Å². The lowest BCUT2D eigenvalue weighted by Gasteiger charge is -2.20. The van der Waals surface area contributed by atoms with E-state index in [0.29, 0.717) is 42.5 Å². The average Bonchev–Trinajstić information content (AvgIpc) is 3.34. The molecule has 0 unspecified atom stereocenters. The number of amides is 2. The van der Waals surface area contributed by atoms with Crippen molar-refractivity contribution in [2.24, 2.45) is 0 Å². The lowest BCUT2D eigenvalue weighted by Crippen LogP contribution is -2.32. The van der Waals surface area contributed by atoms with Crippen LogP contribution in [0, 0.1) is 5.82 Å². The Balaban J connectivity index is 0.000000336. The van der Waals surface area contributed by atoms with E-state index in [0.717, 1.165) is 54.8 Å². The van der Waals surface area contributed by atoms with Crippen LogP contribution in [0.1, 0.15) is 79.6 Å². The molecular formula is C34H50ClFN7O10PS. The molecule has 21 heteroatoms. The van der Waals surface area contributed by atoms with E-state index in [-0.39, 0.29) is 22.0 Å². The fourth-order valence-electron chi connectivity index (χ4n) is 4.86. The van der Waals surface area contributed by atoms with Crippen LogP contribution in [0.25, 0.3) is 0 Å². The predicted molar refractivity (Wildman–Crippen MR) is 207 cm³/mol. The molecule has 2 aromatic rings. The number of ether oxygens (including phenoxy) is 2. The van der Waals surface area contributed by atoms with Crippen LogP contribution in [0.5, 0.6) is 5.75 Å². The smallest absolute Gasteiger partial charge is 0.344 e. The van der Waals surface area contributed by atoms with Crippen molar-refractivity contribution in [1.29, 1.82) is 0 Å². The van der Waals surface area contributed by atoms with E-state index in [4.69, 9.17) is 36.0 Å². The molecule has 2 aliphatic rings. The minimum Gasteiger partial charge on any atom is -0.480 e. The lowest BCUT2D eigenvalue weighted by atomic mass is 9.93. The molecule has 1 aliphatic heterocycles. The SMILES string of the molecule is CCCCCOC(=O)COc1cc(N2C(=O)C3=C(CCCC3)C2=O)c(F)cc1Cl.CCNc1nc(NC(C)(C)C)nc(SC)n1.O=C(O)CNCP(=O)(O)O. The van der Waals surface area contributed by atoms with E-state index in [1.54, 1.807) is 0 Å². The Hall–Kier alpha value is -3.87. The Labute approximate surface area is 328 Å². The van der Waals surface area contributed by atoms with Gasteiger partial charge < -0.3 is 35.0 Å². The number of unbranched alkanes of at least 4 members (excludes halogenated alkanes) is 2. The van der Waals surface area contributed by atoms with Gasteiger partial charge in [-0.25, -0.2) is 14.1 Å². The fraction of sp³-hybridized carbons (Fsp3) is 0.559. The summed E-state index contributed by atoms with van der Waals surface area (Å²) in [7, 11) is -4.10. The van der Waals surface area contributed by atoms with Gasteiger partial charge in [-0.15, -0.1) is 0 Å². The van der Waals surface area contributed by atoms with Crippen molar-refractivity contribution in [3.8, 4) is 5.75 Å². The van der Waals surface area contributed by atoms with Crippen LogP contribution in [-0.4, -0.2) is 98.0 Å². The topological polar surface area (TPSA) is 242 Å². The number of thioether (sulfide) groups is 1. The Bertz CT molecular complexity index is 1710. The van der Waals surface area contributed by atoms with Crippen molar-refractivity contribution in [3.63, 3.8) is 0 Å². The molecule has 0 saturated carbocycles. The van der Waals surface area contributed by atoms with E-state index in [9.17, 15) is 28.1 Å². The number of carbonyl (C=O) groups excluding carboxylic acids is 3. The first-order valence-electron chi connectivity index (χ1n) is 17.5. The lowest BCUT2D eigenvalue weighted by molar-refractivity contribution is -0.146. The first kappa shape index (κ1) is 47.3. The highest BCUT2D eigenvalue weighted by molar-refractivity contribution is 7.98. The zero-order chi connectivity index (χ0) is 41.3. The number of nitrogens with one attached hydrogen (secondary N) is 3. The van der Waals surface area contributed by atoms with E-state index in [1.807, 2.05) is 20.1 Å². The molecule has 306 valence electrons. The maximum Gasteiger partial charge on any atom is 0.344 e. The molecule has 0 radical (unpaired) electrons. The molecule has 4 rings (SSSR count). The summed E-state index contributed by atoms with van der Waals surface area (Å²) in [5.74, 6) is -2.32. The maximum absolute atomic E-state index is 14.5. The number of aromatic nitrogens is 3. The number of carbonyl (C=O) groups is 4. The summed E-state index contributed by atoms with van der Waals surface area (Å²) in [6, 6.07) is 2.15. The number of hydrogen-bond donors (Lipinski definition) is 6. The first-order chi connectivity index (χ1) is 25.8. The average molecular weight is 834 g/mol. The molecule has 2 heterocycles. The van der Waals surface area contributed by atoms with Gasteiger partial charge in [-0.2, -0.15) is 15.0 Å². The highest BCUT2D eigenvalue weighted by Gasteiger charge is 2.41. The van der Waals surface area contributed by atoms with Gasteiger partial charge in [-0.1, -0.05) is 43.1 Å². The van der Waals surface area contributed by atoms with E-state index < -0.39 is 56.6 Å². The van der Waals surface area contributed by atoms with Gasteiger partial charge in [0.1, 0.15) is 11.6 Å². The number of benzene rings is 1. The van der Waals surface area contributed by atoms with Crippen molar-refractivity contribution in [1.82, 2.24) is 20.3 Å². The minimum atomic E-state index is -4.10. The number of carboxylic acids is 1. The van der Waals surface area contributed by atoms with Crippen LogP contribution < -0.4 is 25.6 Å². The second-order valence-electron chi connectivity index (χ2n) is 13.1. The van der Waals surface area contributed by atoms with E-state index in [1.165, 1.54) is 17.8 Å². The largest absolute Gasteiger partial charge is 0.480 e. The summed E-state index contributed by atoms with van der Waals surface area (Å²) in [5.41, 5.74) is 0.619. The number of carboxylic acid groups (broad SMARTS) is 1. The third-order valence-electron chi connectivity index (χ3n) is 7.20. The number of rotatable bonds is 16. The summed E-state index contributed by atoms with van der Waals surface area (Å²) in [5, 5.41) is 17.0. The number of imide groups is 1. The van der Waals surface area contributed by atoms with Crippen molar-refractivity contribution in [2.45, 2.75) is 90.3 Å². The van der Waals surface area contributed by atoms with Gasteiger partial charge in [-0.3, -0.25) is 24.3 Å². The molecule has 1 aromatic heterocycles. The summed E-state index contributed by atoms with van der Waals surface area (Å²) in [6.45, 7) is 10.5. The zero-order valence-electron chi connectivity index (χ0n) is 31.7. The van der Waals surface area contributed by atoms with Gasteiger partial charge >= 0.3 is 19.5 Å². The Morgan fingerprint density at radius 1 is 1.04 bits per heavy atom. The van der Waals surface area contributed by atoms with Gasteiger partial charge in [0.15, 0.2) is 11.8 Å². The molecule has 0 spiro atoms. The van der Waals surface area contributed by atoms with Gasteiger partial charge in [0.25, 0.3) is 11.8 Å². The molecule has 0 bridgehead atoms. The Kier molecular flexibility index (Phi) is 19.5. The van der Waals surface area contributed by atoms with Crippen LogP contribution in [0.3, 0.4) is 0 Å².